The second kappa shape index (κ2) is 10.8. The molecule has 0 saturated carbocycles. The van der Waals surface area contributed by atoms with Crippen LogP contribution >= 0.6 is 0 Å². The van der Waals surface area contributed by atoms with Gasteiger partial charge >= 0.3 is 51.4 Å². The minimum absolute atomic E-state index is 0. The summed E-state index contributed by atoms with van der Waals surface area (Å²) in [6.45, 7) is 2.89. The van der Waals surface area contributed by atoms with Crippen LogP contribution in [0.5, 0.6) is 0 Å². The molecule has 0 amide bonds. The summed E-state index contributed by atoms with van der Waals surface area (Å²) in [5.74, 6) is 0. The van der Waals surface area contributed by atoms with Crippen molar-refractivity contribution in [2.45, 2.75) is 44.6 Å². The molecular weight excluding hydrogens is 251 g/mol. The fraction of sp³-hybridized carbons (Fsp3) is 1.00. The summed E-state index contributed by atoms with van der Waals surface area (Å²) in [4.78, 5) is 0. The predicted molar refractivity (Wildman–Crippen MR) is 58.0 cm³/mol. The Morgan fingerprint density at radius 1 is 1.47 bits per heavy atom. The van der Waals surface area contributed by atoms with Gasteiger partial charge in [-0.3, -0.25) is 0 Å². The van der Waals surface area contributed by atoms with Crippen molar-refractivity contribution in [1.29, 1.82) is 0 Å². The van der Waals surface area contributed by atoms with Crippen LogP contribution in [0, 0.1) is 5.21 Å². The van der Waals surface area contributed by atoms with E-state index >= 15 is 0 Å². The summed E-state index contributed by atoms with van der Waals surface area (Å²) >= 11 is 0. The van der Waals surface area contributed by atoms with Gasteiger partial charge in [-0.05, 0) is 26.2 Å². The summed E-state index contributed by atoms with van der Waals surface area (Å²) < 4.78 is 16.1. The molecule has 1 rings (SSSR count). The molecule has 17 heavy (non-hydrogen) atoms. The molecule has 6 nitrogen and oxygen atoms in total. The minimum Gasteiger partial charge on any atom is -0.775 e. The van der Waals surface area contributed by atoms with Crippen molar-refractivity contribution < 1.29 is 65.6 Å². The average molecular weight is 270 g/mol. The van der Waals surface area contributed by atoms with Crippen molar-refractivity contribution in [3.8, 4) is 0 Å². The Bertz CT molecular complexity index is 212. The third kappa shape index (κ3) is 7.17. The maximum absolute atomic E-state index is 10.1. The number of nitrogens with zero attached hydrogens (tertiary/aromatic N) is 2. The molecule has 0 bridgehead atoms. The summed E-state index contributed by atoms with van der Waals surface area (Å²) in [6.07, 6.45) is 2.65. The molecule has 1 aliphatic heterocycles. The number of hydrogen-bond acceptors (Lipinski definition) is 6. The van der Waals surface area contributed by atoms with Gasteiger partial charge in [0.15, 0.2) is 6.29 Å². The van der Waals surface area contributed by atoms with Crippen molar-refractivity contribution in [1.82, 2.24) is 0 Å². The third-order valence-electron chi connectivity index (χ3n) is 2.58. The Hall–Kier alpha value is 0.916. The number of hydrogen-bond donors (Lipinski definition) is 0. The predicted octanol–water partition coefficient (Wildman–Crippen LogP) is -1.11. The van der Waals surface area contributed by atoms with Crippen LogP contribution in [0.25, 0.3) is 0 Å². The first kappa shape index (κ1) is 17.9. The summed E-state index contributed by atoms with van der Waals surface area (Å²) in [5.41, 5.74) is 0. The quantitative estimate of drug-likeness (QED) is 0.348. The smallest absolute Gasteiger partial charge is 0.775 e. The monoisotopic (exact) mass is 270 g/mol. The fourth-order valence-corrected chi connectivity index (χ4v) is 1.64. The van der Waals surface area contributed by atoms with Crippen LogP contribution in [-0.4, -0.2) is 38.8 Å². The van der Waals surface area contributed by atoms with Crippen LogP contribution in [0.2, 0.25) is 0 Å². The van der Waals surface area contributed by atoms with E-state index in [0.717, 1.165) is 25.9 Å². The van der Waals surface area contributed by atoms with Gasteiger partial charge in [0.1, 0.15) is 6.04 Å². The molecule has 1 unspecified atom stereocenters. The van der Waals surface area contributed by atoms with Gasteiger partial charge in [0.25, 0.3) is 0 Å². The van der Waals surface area contributed by atoms with Gasteiger partial charge in [-0.2, -0.15) is 5.11 Å². The van der Waals surface area contributed by atoms with Crippen LogP contribution in [-0.2, 0) is 14.2 Å². The van der Waals surface area contributed by atoms with Crippen molar-refractivity contribution >= 4 is 0 Å². The zero-order valence-corrected chi connectivity index (χ0v) is 13.9. The molecule has 0 aromatic carbocycles. The molecule has 7 heteroatoms. The van der Waals surface area contributed by atoms with E-state index in [1.807, 2.05) is 6.92 Å². The van der Waals surface area contributed by atoms with Crippen LogP contribution in [0.15, 0.2) is 10.4 Å². The van der Waals surface area contributed by atoms with E-state index in [1.54, 1.807) is 7.11 Å². The normalized spacial score (nSPS) is 24.2. The Kier molecular flexibility index (Phi) is 11.4. The topological polar surface area (TPSA) is 75.5 Å². The maximum Gasteiger partial charge on any atom is 1.00 e. The molecule has 0 aromatic rings. The number of ether oxygens (including phenoxy) is 3. The molecule has 0 aromatic heterocycles. The van der Waals surface area contributed by atoms with Crippen LogP contribution in [0.3, 0.4) is 0 Å². The van der Waals surface area contributed by atoms with Crippen LogP contribution in [0.4, 0.5) is 0 Å². The Labute approximate surface area is 144 Å². The molecule has 94 valence electrons. The minimum atomic E-state index is -0.368. The molecule has 0 N–H and O–H groups in total. The largest absolute Gasteiger partial charge is 1.00 e. The SMILES string of the molecule is COC[C@@H](N=N[O-])[C@@H](C)OC1CCCCO1.[K+]. The van der Waals surface area contributed by atoms with Gasteiger partial charge in [-0.15, -0.1) is 0 Å². The first-order valence-electron chi connectivity index (χ1n) is 5.56. The van der Waals surface area contributed by atoms with Crippen molar-refractivity contribution in [3.63, 3.8) is 0 Å². The third-order valence-corrected chi connectivity index (χ3v) is 2.58. The zero-order chi connectivity index (χ0) is 11.8. The zero-order valence-electron chi connectivity index (χ0n) is 10.8. The van der Waals surface area contributed by atoms with E-state index in [2.05, 4.69) is 10.4 Å². The van der Waals surface area contributed by atoms with E-state index in [9.17, 15) is 5.21 Å². The average Bonchev–Trinajstić information content (AvgIpc) is 2.30. The summed E-state index contributed by atoms with van der Waals surface area (Å²) in [6, 6.07) is -0.368. The van der Waals surface area contributed by atoms with Gasteiger partial charge < -0.3 is 19.4 Å². The van der Waals surface area contributed by atoms with Crippen molar-refractivity contribution in [2.24, 2.45) is 10.4 Å². The molecule has 0 radical (unpaired) electrons. The molecule has 1 saturated heterocycles. The standard InChI is InChI=1S/C10H20N2O4.K/c1-8(9(7-14-2)11-12-13)16-10-5-3-4-6-15-10;/h8-10H,3-7H2,1-2H3,(H,11,13);/q;+1/p-1/t8-,9-,10?;/m1./s1. The second-order valence-corrected chi connectivity index (χ2v) is 3.86. The van der Waals surface area contributed by atoms with Gasteiger partial charge in [-0.1, -0.05) is 0 Å². The molecule has 1 heterocycles. The van der Waals surface area contributed by atoms with Crippen molar-refractivity contribution in [2.75, 3.05) is 20.3 Å². The molecular formula is C10H19KN2O4. The maximum atomic E-state index is 10.1. The summed E-state index contributed by atoms with van der Waals surface area (Å²) in [7, 11) is 1.55. The molecule has 1 fully saturated rings. The first-order chi connectivity index (χ1) is 7.77. The molecule has 3 atom stereocenters. The number of rotatable bonds is 6. The summed E-state index contributed by atoms with van der Waals surface area (Å²) in [5, 5.41) is 16.2. The van der Waals surface area contributed by atoms with E-state index in [1.165, 1.54) is 0 Å². The van der Waals surface area contributed by atoms with E-state index in [0.29, 0.717) is 6.61 Å². The van der Waals surface area contributed by atoms with Crippen molar-refractivity contribution in [3.05, 3.63) is 5.21 Å². The Morgan fingerprint density at radius 2 is 2.24 bits per heavy atom. The number of methoxy groups -OCH3 is 1. The van der Waals surface area contributed by atoms with E-state index in [-0.39, 0.29) is 69.8 Å². The van der Waals surface area contributed by atoms with E-state index < -0.39 is 0 Å². The van der Waals surface area contributed by atoms with Gasteiger partial charge in [0.2, 0.25) is 0 Å². The fourth-order valence-electron chi connectivity index (χ4n) is 1.64. The first-order valence-corrected chi connectivity index (χ1v) is 5.56. The van der Waals surface area contributed by atoms with E-state index in [4.69, 9.17) is 14.2 Å². The van der Waals surface area contributed by atoms with Gasteiger partial charge in [0, 0.05) is 13.7 Å². The Balaban J connectivity index is 0.00000256. The molecule has 0 spiro atoms. The Morgan fingerprint density at radius 3 is 2.76 bits per heavy atom. The van der Waals surface area contributed by atoms with Crippen LogP contribution in [0.1, 0.15) is 26.2 Å². The van der Waals surface area contributed by atoms with Gasteiger partial charge in [0.05, 0.1) is 12.7 Å². The molecule has 0 aliphatic carbocycles. The van der Waals surface area contributed by atoms with Crippen LogP contribution < -0.4 is 51.4 Å². The second-order valence-electron chi connectivity index (χ2n) is 3.86. The molecule has 1 aliphatic rings. The van der Waals surface area contributed by atoms with Gasteiger partial charge in [-0.25, -0.2) is 5.28 Å².